The number of carbonyl (C=O) groups is 1. The van der Waals surface area contributed by atoms with Gasteiger partial charge in [-0.2, -0.15) is 5.26 Å². The van der Waals surface area contributed by atoms with E-state index in [4.69, 9.17) is 5.73 Å². The molecule has 2 N–H and O–H groups in total. The molecule has 0 radical (unpaired) electrons. The van der Waals surface area contributed by atoms with Crippen molar-refractivity contribution in [3.05, 3.63) is 82.8 Å². The van der Waals surface area contributed by atoms with Crippen molar-refractivity contribution in [2.45, 2.75) is 32.6 Å². The van der Waals surface area contributed by atoms with Crippen LogP contribution >= 0.6 is 0 Å². The zero-order chi connectivity index (χ0) is 22.3. The first-order chi connectivity index (χ1) is 14.7. The summed E-state index contributed by atoms with van der Waals surface area (Å²) in [4.78, 5) is 17.4. The number of nitrogens with two attached hydrogens (primary N) is 1. The predicted octanol–water partition coefficient (Wildman–Crippen LogP) is 4.69. The van der Waals surface area contributed by atoms with Gasteiger partial charge in [0.2, 0.25) is 0 Å². The summed E-state index contributed by atoms with van der Waals surface area (Å²) in [6.45, 7) is 4.22. The zero-order valence-electron chi connectivity index (χ0n) is 18.5. The van der Waals surface area contributed by atoms with Gasteiger partial charge in [0, 0.05) is 43.2 Å². The second-order valence-corrected chi connectivity index (χ2v) is 9.30. The Morgan fingerprint density at radius 2 is 1.71 bits per heavy atom. The van der Waals surface area contributed by atoms with Gasteiger partial charge in [0.15, 0.2) is 5.78 Å². The normalized spacial score (nSPS) is 20.4. The third-order valence-corrected chi connectivity index (χ3v) is 6.14. The molecule has 158 valence electrons. The van der Waals surface area contributed by atoms with Crippen LogP contribution in [-0.4, -0.2) is 19.9 Å². The van der Waals surface area contributed by atoms with Gasteiger partial charge in [0.25, 0.3) is 0 Å². The van der Waals surface area contributed by atoms with Crippen molar-refractivity contribution >= 4 is 17.2 Å². The minimum Gasteiger partial charge on any atom is -0.384 e. The number of benzene rings is 2. The van der Waals surface area contributed by atoms with Crippen molar-refractivity contribution in [2.75, 3.05) is 23.9 Å². The standard InChI is InChI=1S/C26H28N4O/c1-26(2)14-21-24(22(31)15-26)23(17-10-12-18(13-11-17)29(3)4)20(16-27)25(28)30(21)19-8-6-5-7-9-19/h5-13,23H,14-15,28H2,1-4H3. The van der Waals surface area contributed by atoms with Crippen LogP contribution in [0, 0.1) is 16.7 Å². The van der Waals surface area contributed by atoms with E-state index in [-0.39, 0.29) is 11.2 Å². The summed E-state index contributed by atoms with van der Waals surface area (Å²) in [6.07, 6.45) is 1.17. The number of nitriles is 1. The molecule has 2 aromatic rings. The van der Waals surface area contributed by atoms with Crippen LogP contribution < -0.4 is 15.5 Å². The maximum Gasteiger partial charge on any atom is 0.162 e. The van der Waals surface area contributed by atoms with Crippen LogP contribution in [0.25, 0.3) is 0 Å². The summed E-state index contributed by atoms with van der Waals surface area (Å²) in [5.41, 5.74) is 11.3. The Labute approximate surface area is 184 Å². The maximum absolute atomic E-state index is 13.5. The summed E-state index contributed by atoms with van der Waals surface area (Å²) < 4.78 is 0. The summed E-state index contributed by atoms with van der Waals surface area (Å²) in [5.74, 6) is 0.0496. The highest BCUT2D eigenvalue weighted by Crippen LogP contribution is 2.50. The van der Waals surface area contributed by atoms with E-state index >= 15 is 0 Å². The predicted molar refractivity (Wildman–Crippen MR) is 124 cm³/mol. The molecule has 31 heavy (non-hydrogen) atoms. The van der Waals surface area contributed by atoms with E-state index in [9.17, 15) is 10.1 Å². The molecule has 1 aliphatic heterocycles. The second kappa shape index (κ2) is 7.63. The lowest BCUT2D eigenvalue weighted by molar-refractivity contribution is -0.118. The van der Waals surface area contributed by atoms with Gasteiger partial charge in [-0.3, -0.25) is 9.69 Å². The van der Waals surface area contributed by atoms with E-state index in [1.807, 2.05) is 78.5 Å². The van der Waals surface area contributed by atoms with E-state index < -0.39 is 5.92 Å². The van der Waals surface area contributed by atoms with Gasteiger partial charge in [0.05, 0.1) is 17.6 Å². The molecule has 1 atom stereocenters. The Kier molecular flexibility index (Phi) is 5.10. The van der Waals surface area contributed by atoms with Gasteiger partial charge in [-0.05, 0) is 41.7 Å². The number of carbonyl (C=O) groups excluding carboxylic acids is 1. The molecule has 0 amide bonds. The summed E-state index contributed by atoms with van der Waals surface area (Å²) in [5, 5.41) is 10.1. The molecule has 0 fully saturated rings. The number of ketones is 1. The van der Waals surface area contributed by atoms with Crippen molar-refractivity contribution in [2.24, 2.45) is 11.1 Å². The van der Waals surface area contributed by atoms with Crippen LogP contribution in [0.1, 0.15) is 38.2 Å². The topological polar surface area (TPSA) is 73.4 Å². The number of hydrogen-bond donors (Lipinski definition) is 1. The number of hydrogen-bond acceptors (Lipinski definition) is 5. The van der Waals surface area contributed by atoms with Crippen LogP contribution in [0.3, 0.4) is 0 Å². The van der Waals surface area contributed by atoms with Crippen molar-refractivity contribution in [1.29, 1.82) is 5.26 Å². The molecule has 4 rings (SSSR count). The molecule has 1 heterocycles. The van der Waals surface area contributed by atoms with Crippen molar-refractivity contribution in [3.63, 3.8) is 0 Å². The summed E-state index contributed by atoms with van der Waals surface area (Å²) >= 11 is 0. The Morgan fingerprint density at radius 1 is 1.06 bits per heavy atom. The maximum atomic E-state index is 13.5. The first kappa shape index (κ1) is 20.7. The van der Waals surface area contributed by atoms with Crippen LogP contribution in [0.2, 0.25) is 0 Å². The Hall–Kier alpha value is -3.52. The highest BCUT2D eigenvalue weighted by atomic mass is 16.1. The molecular weight excluding hydrogens is 384 g/mol. The first-order valence-corrected chi connectivity index (χ1v) is 10.5. The minimum absolute atomic E-state index is 0.0918. The number of Topliss-reactive ketones (excluding diaryl/α,β-unsaturated/α-hetero) is 1. The molecular formula is C26H28N4O. The third kappa shape index (κ3) is 3.59. The summed E-state index contributed by atoms with van der Waals surface area (Å²) in [6, 6.07) is 20.1. The SMILES string of the molecule is CN(C)c1ccc(C2C(C#N)=C(N)N(c3ccccc3)C3=C2C(=O)CC(C)(C)C3)cc1. The number of anilines is 2. The van der Waals surface area contributed by atoms with Gasteiger partial charge in [0.1, 0.15) is 5.82 Å². The van der Waals surface area contributed by atoms with Crippen LogP contribution in [0.5, 0.6) is 0 Å². The molecule has 5 heteroatoms. The van der Waals surface area contributed by atoms with Crippen molar-refractivity contribution in [3.8, 4) is 6.07 Å². The number of allylic oxidation sites excluding steroid dienone is 3. The van der Waals surface area contributed by atoms with Gasteiger partial charge in [-0.15, -0.1) is 0 Å². The van der Waals surface area contributed by atoms with E-state index in [2.05, 4.69) is 19.9 Å². The Bertz CT molecular complexity index is 1120. The minimum atomic E-state index is -0.445. The lowest BCUT2D eigenvalue weighted by atomic mass is 9.68. The summed E-state index contributed by atoms with van der Waals surface area (Å²) in [7, 11) is 3.97. The van der Waals surface area contributed by atoms with E-state index in [1.54, 1.807) is 0 Å². The number of nitrogens with zero attached hydrogens (tertiary/aromatic N) is 3. The fourth-order valence-corrected chi connectivity index (χ4v) is 4.68. The Morgan fingerprint density at radius 3 is 2.29 bits per heavy atom. The van der Waals surface area contributed by atoms with Gasteiger partial charge < -0.3 is 10.6 Å². The van der Waals surface area contributed by atoms with E-state index in [1.165, 1.54) is 0 Å². The lowest BCUT2D eigenvalue weighted by Gasteiger charge is -2.43. The van der Waals surface area contributed by atoms with Crippen LogP contribution in [-0.2, 0) is 4.79 Å². The first-order valence-electron chi connectivity index (χ1n) is 10.5. The molecule has 1 unspecified atom stereocenters. The molecule has 1 aliphatic carbocycles. The lowest BCUT2D eigenvalue weighted by Crippen LogP contribution is -2.42. The molecule has 2 aromatic carbocycles. The molecule has 0 bridgehead atoms. The van der Waals surface area contributed by atoms with E-state index in [0.717, 1.165) is 22.6 Å². The third-order valence-electron chi connectivity index (χ3n) is 6.14. The van der Waals surface area contributed by atoms with Gasteiger partial charge >= 0.3 is 0 Å². The zero-order valence-corrected chi connectivity index (χ0v) is 18.5. The van der Waals surface area contributed by atoms with E-state index in [0.29, 0.717) is 29.8 Å². The van der Waals surface area contributed by atoms with Crippen LogP contribution in [0.4, 0.5) is 11.4 Å². The molecule has 2 aliphatic rings. The van der Waals surface area contributed by atoms with Gasteiger partial charge in [-0.25, -0.2) is 0 Å². The van der Waals surface area contributed by atoms with Gasteiger partial charge in [-0.1, -0.05) is 44.2 Å². The largest absolute Gasteiger partial charge is 0.384 e. The molecule has 0 saturated heterocycles. The molecule has 0 aromatic heterocycles. The molecule has 0 spiro atoms. The molecule has 5 nitrogen and oxygen atoms in total. The Balaban J connectivity index is 1.95. The smallest absolute Gasteiger partial charge is 0.162 e. The fourth-order valence-electron chi connectivity index (χ4n) is 4.68. The number of para-hydroxylation sites is 1. The molecule has 0 saturated carbocycles. The van der Waals surface area contributed by atoms with Crippen molar-refractivity contribution < 1.29 is 4.79 Å². The highest BCUT2D eigenvalue weighted by molar-refractivity contribution is 6.01. The second-order valence-electron chi connectivity index (χ2n) is 9.30. The highest BCUT2D eigenvalue weighted by Gasteiger charge is 2.44. The quantitative estimate of drug-likeness (QED) is 0.791. The monoisotopic (exact) mass is 412 g/mol. The average molecular weight is 413 g/mol. The van der Waals surface area contributed by atoms with Crippen molar-refractivity contribution in [1.82, 2.24) is 0 Å². The van der Waals surface area contributed by atoms with Crippen LogP contribution in [0.15, 0.2) is 77.3 Å². The average Bonchev–Trinajstić information content (AvgIpc) is 2.73. The fraction of sp³-hybridized carbons (Fsp3) is 0.308. The number of rotatable bonds is 3.